The number of ether oxygens (including phenoxy) is 2. The second-order valence-corrected chi connectivity index (χ2v) is 3.13. The molecule has 2 unspecified atom stereocenters. The summed E-state index contributed by atoms with van der Waals surface area (Å²) in [5.41, 5.74) is -4.70. The fourth-order valence-electron chi connectivity index (χ4n) is 0.795. The van der Waals surface area contributed by atoms with Crippen molar-refractivity contribution in [2.75, 3.05) is 14.2 Å². The third kappa shape index (κ3) is 1.85. The predicted molar refractivity (Wildman–Crippen MR) is 45.3 cm³/mol. The number of rotatable bonds is 3. The first-order valence-corrected chi connectivity index (χ1v) is 3.83. The largest absolute Gasteiger partial charge is 0.467 e. The van der Waals surface area contributed by atoms with Gasteiger partial charge in [0.25, 0.3) is 0 Å². The van der Waals surface area contributed by atoms with Crippen LogP contribution >= 0.6 is 0 Å². The molecule has 6 heteroatoms. The molecule has 0 rings (SSSR count). The van der Waals surface area contributed by atoms with E-state index in [0.29, 0.717) is 0 Å². The molecule has 0 bridgehead atoms. The van der Waals surface area contributed by atoms with Crippen LogP contribution in [-0.4, -0.2) is 47.6 Å². The van der Waals surface area contributed by atoms with E-state index >= 15 is 0 Å². The fraction of sp³-hybridized carbons (Fsp3) is 0.750. The maximum Gasteiger partial charge on any atom is 0.341 e. The molecule has 0 fully saturated rings. The molecule has 0 radical (unpaired) electrons. The van der Waals surface area contributed by atoms with Crippen LogP contribution in [0.5, 0.6) is 0 Å². The number of hydrogen-bond acceptors (Lipinski definition) is 6. The lowest BCUT2D eigenvalue weighted by atomic mass is 9.86. The Balaban J connectivity index is 5.06. The minimum Gasteiger partial charge on any atom is -0.467 e. The van der Waals surface area contributed by atoms with Gasteiger partial charge in [-0.3, -0.25) is 0 Å². The monoisotopic (exact) mass is 206 g/mol. The fourth-order valence-corrected chi connectivity index (χ4v) is 0.795. The van der Waals surface area contributed by atoms with Crippen molar-refractivity contribution in [1.82, 2.24) is 0 Å². The number of carbonyl (C=O) groups is 2. The lowest BCUT2D eigenvalue weighted by molar-refractivity contribution is -0.203. The second-order valence-electron chi connectivity index (χ2n) is 3.13. The molecule has 0 aliphatic carbocycles. The zero-order valence-electron chi connectivity index (χ0n) is 8.53. The smallest absolute Gasteiger partial charge is 0.341 e. The van der Waals surface area contributed by atoms with Crippen LogP contribution in [0.15, 0.2) is 0 Å². The van der Waals surface area contributed by atoms with Crippen molar-refractivity contribution < 1.29 is 29.3 Å². The Morgan fingerprint density at radius 3 is 1.29 bits per heavy atom. The molecule has 0 aromatic rings. The van der Waals surface area contributed by atoms with Gasteiger partial charge in [0.1, 0.15) is 0 Å². The lowest BCUT2D eigenvalue weighted by Crippen LogP contribution is -2.60. The second kappa shape index (κ2) is 3.93. The Labute approximate surface area is 81.4 Å². The maximum atomic E-state index is 11.1. The molecular weight excluding hydrogens is 192 g/mol. The molecule has 0 spiro atoms. The van der Waals surface area contributed by atoms with E-state index in [4.69, 9.17) is 0 Å². The van der Waals surface area contributed by atoms with Crippen molar-refractivity contribution in [2.24, 2.45) is 0 Å². The molecule has 0 aliphatic heterocycles. The molecule has 0 heterocycles. The summed E-state index contributed by atoms with van der Waals surface area (Å²) < 4.78 is 8.48. The van der Waals surface area contributed by atoms with Gasteiger partial charge in [-0.15, -0.1) is 0 Å². The Kier molecular flexibility index (Phi) is 3.61. The number of hydrogen-bond donors (Lipinski definition) is 2. The lowest BCUT2D eigenvalue weighted by Gasteiger charge is -2.32. The predicted octanol–water partition coefficient (Wildman–Crippen LogP) is -1.17. The summed E-state index contributed by atoms with van der Waals surface area (Å²) in [6, 6.07) is 0. The van der Waals surface area contributed by atoms with E-state index in [9.17, 15) is 19.8 Å². The van der Waals surface area contributed by atoms with Crippen LogP contribution in [0.4, 0.5) is 0 Å². The van der Waals surface area contributed by atoms with Gasteiger partial charge in [0.2, 0.25) is 0 Å². The molecule has 2 atom stereocenters. The van der Waals surface area contributed by atoms with E-state index in [0.717, 1.165) is 28.1 Å². The van der Waals surface area contributed by atoms with Gasteiger partial charge in [-0.1, -0.05) is 0 Å². The molecule has 82 valence electrons. The number of aliphatic hydroxyl groups is 2. The van der Waals surface area contributed by atoms with Crippen LogP contribution in [-0.2, 0) is 19.1 Å². The van der Waals surface area contributed by atoms with Gasteiger partial charge in [0.15, 0.2) is 11.2 Å². The van der Waals surface area contributed by atoms with Gasteiger partial charge < -0.3 is 19.7 Å². The molecule has 0 amide bonds. The molecule has 0 aromatic heterocycles. The summed E-state index contributed by atoms with van der Waals surface area (Å²) >= 11 is 0. The van der Waals surface area contributed by atoms with E-state index in [1.54, 1.807) is 0 Å². The van der Waals surface area contributed by atoms with Gasteiger partial charge in [0, 0.05) is 0 Å². The molecule has 6 nitrogen and oxygen atoms in total. The van der Waals surface area contributed by atoms with E-state index in [2.05, 4.69) is 9.47 Å². The van der Waals surface area contributed by atoms with Gasteiger partial charge in [0.05, 0.1) is 14.2 Å². The average molecular weight is 206 g/mol. The van der Waals surface area contributed by atoms with E-state index in [1.165, 1.54) is 0 Å². The van der Waals surface area contributed by atoms with Crippen molar-refractivity contribution >= 4 is 11.9 Å². The number of esters is 2. The highest BCUT2D eigenvalue weighted by Crippen LogP contribution is 2.24. The van der Waals surface area contributed by atoms with Crippen molar-refractivity contribution in [1.29, 1.82) is 0 Å². The molecule has 14 heavy (non-hydrogen) atoms. The summed E-state index contributed by atoms with van der Waals surface area (Å²) in [6.07, 6.45) is 0. The molecule has 0 saturated carbocycles. The van der Waals surface area contributed by atoms with E-state index in [1.807, 2.05) is 0 Å². The molecule has 2 N–H and O–H groups in total. The van der Waals surface area contributed by atoms with Crippen LogP contribution in [0.3, 0.4) is 0 Å². The van der Waals surface area contributed by atoms with E-state index < -0.39 is 23.1 Å². The minimum atomic E-state index is -2.35. The zero-order valence-corrected chi connectivity index (χ0v) is 8.53. The highest BCUT2D eigenvalue weighted by Gasteiger charge is 2.55. The Hall–Kier alpha value is -1.14. The van der Waals surface area contributed by atoms with Crippen LogP contribution in [0.1, 0.15) is 13.8 Å². The maximum absolute atomic E-state index is 11.1. The SMILES string of the molecule is COC(=O)C(C)(O)C(C)(O)C(=O)OC. The zero-order chi connectivity index (χ0) is 11.6. The third-order valence-electron chi connectivity index (χ3n) is 2.11. The van der Waals surface area contributed by atoms with Gasteiger partial charge in [-0.05, 0) is 13.8 Å². The summed E-state index contributed by atoms with van der Waals surface area (Å²) in [4.78, 5) is 22.1. The van der Waals surface area contributed by atoms with Crippen LogP contribution in [0.25, 0.3) is 0 Å². The Morgan fingerprint density at radius 1 is 0.929 bits per heavy atom. The Morgan fingerprint density at radius 2 is 1.14 bits per heavy atom. The first-order chi connectivity index (χ1) is 6.21. The first-order valence-electron chi connectivity index (χ1n) is 3.83. The average Bonchev–Trinajstić information content (AvgIpc) is 2.14. The van der Waals surface area contributed by atoms with Crippen molar-refractivity contribution in [3.63, 3.8) is 0 Å². The minimum absolute atomic E-state index is 0.968. The highest BCUT2D eigenvalue weighted by atomic mass is 16.6. The van der Waals surface area contributed by atoms with Crippen molar-refractivity contribution in [3.8, 4) is 0 Å². The third-order valence-corrected chi connectivity index (χ3v) is 2.11. The van der Waals surface area contributed by atoms with Crippen LogP contribution in [0, 0.1) is 0 Å². The topological polar surface area (TPSA) is 93.1 Å². The number of carbonyl (C=O) groups excluding carboxylic acids is 2. The van der Waals surface area contributed by atoms with Gasteiger partial charge >= 0.3 is 11.9 Å². The molecule has 0 saturated heterocycles. The normalized spacial score (nSPS) is 19.0. The van der Waals surface area contributed by atoms with Gasteiger partial charge in [-0.25, -0.2) is 9.59 Å². The number of methoxy groups -OCH3 is 2. The standard InChI is InChI=1S/C8H14O6/c1-7(11,5(9)13-3)8(2,12)6(10)14-4/h11-12H,1-4H3. The van der Waals surface area contributed by atoms with E-state index in [-0.39, 0.29) is 0 Å². The quantitative estimate of drug-likeness (QED) is 0.565. The summed E-state index contributed by atoms with van der Waals surface area (Å²) in [5, 5.41) is 19.2. The van der Waals surface area contributed by atoms with Crippen molar-refractivity contribution in [3.05, 3.63) is 0 Å². The molecule has 0 aliphatic rings. The highest BCUT2D eigenvalue weighted by molar-refractivity contribution is 5.91. The first kappa shape index (κ1) is 12.9. The van der Waals surface area contributed by atoms with Crippen molar-refractivity contribution in [2.45, 2.75) is 25.0 Å². The summed E-state index contributed by atoms with van der Waals surface area (Å²) in [5.74, 6) is -2.24. The summed E-state index contributed by atoms with van der Waals surface area (Å²) in [6.45, 7) is 1.94. The Bertz CT molecular complexity index is 216. The molecule has 0 aromatic carbocycles. The van der Waals surface area contributed by atoms with Crippen LogP contribution < -0.4 is 0 Å². The summed E-state index contributed by atoms with van der Waals surface area (Å²) in [7, 11) is 2.06. The molecular formula is C8H14O6. The van der Waals surface area contributed by atoms with Crippen LogP contribution in [0.2, 0.25) is 0 Å². The van der Waals surface area contributed by atoms with Gasteiger partial charge in [-0.2, -0.15) is 0 Å².